The van der Waals surface area contributed by atoms with Crippen molar-refractivity contribution in [2.24, 2.45) is 0 Å². The molecule has 0 atom stereocenters. The highest BCUT2D eigenvalue weighted by Crippen LogP contribution is 2.12. The fourth-order valence-corrected chi connectivity index (χ4v) is 1.19. The molecular weight excluding hydrogens is 168 g/mol. The lowest BCUT2D eigenvalue weighted by Gasteiger charge is -1.88. The molecule has 1 aromatic heterocycles. The minimum absolute atomic E-state index is 0.704. The summed E-state index contributed by atoms with van der Waals surface area (Å²) in [4.78, 5) is 4.19. The summed E-state index contributed by atoms with van der Waals surface area (Å²) in [6.07, 6.45) is 5.36. The number of aryl methyl sites for hydroxylation is 1. The molecule has 2 nitrogen and oxygen atoms in total. The second-order valence-corrected chi connectivity index (χ2v) is 3.21. The fourth-order valence-electron chi connectivity index (χ4n) is 0.688. The van der Waals surface area contributed by atoms with E-state index in [1.54, 1.807) is 6.08 Å². The van der Waals surface area contributed by atoms with E-state index in [0.29, 0.717) is 5.82 Å². The Balaban J connectivity index is 2.78. The highest BCUT2D eigenvalue weighted by Gasteiger charge is 2.00. The van der Waals surface area contributed by atoms with Gasteiger partial charge in [0.25, 0.3) is 0 Å². The summed E-state index contributed by atoms with van der Waals surface area (Å²) in [6.45, 7) is 9.31. The number of allylic oxidation sites excluding steroid dienone is 4. The summed E-state index contributed by atoms with van der Waals surface area (Å²) in [5, 5.41) is 0.957. The van der Waals surface area contributed by atoms with Gasteiger partial charge in [-0.1, -0.05) is 31.4 Å². The van der Waals surface area contributed by atoms with E-state index in [1.165, 1.54) is 11.5 Å². The summed E-state index contributed by atoms with van der Waals surface area (Å²) in [5.74, 6) is 0.704. The first-order valence-corrected chi connectivity index (χ1v) is 4.30. The van der Waals surface area contributed by atoms with Crippen LogP contribution in [0.5, 0.6) is 0 Å². The first-order valence-electron chi connectivity index (χ1n) is 3.52. The van der Waals surface area contributed by atoms with Crippen LogP contribution in [0.1, 0.15) is 10.8 Å². The van der Waals surface area contributed by atoms with Crippen LogP contribution in [0.25, 0.3) is 5.57 Å². The Hall–Kier alpha value is -1.22. The van der Waals surface area contributed by atoms with E-state index in [2.05, 4.69) is 22.5 Å². The van der Waals surface area contributed by atoms with Crippen molar-refractivity contribution in [3.63, 3.8) is 0 Å². The molecule has 0 saturated heterocycles. The van der Waals surface area contributed by atoms with Crippen LogP contribution < -0.4 is 0 Å². The lowest BCUT2D eigenvalue weighted by molar-refractivity contribution is 1.21. The van der Waals surface area contributed by atoms with Crippen LogP contribution >= 0.6 is 11.5 Å². The number of nitrogens with zero attached hydrogens (tertiary/aromatic N) is 2. The number of hydrogen-bond acceptors (Lipinski definition) is 3. The molecule has 0 aliphatic rings. The molecule has 0 N–H and O–H groups in total. The molecule has 0 unspecified atom stereocenters. The average Bonchev–Trinajstić information content (AvgIpc) is 2.47. The molecule has 0 aromatic carbocycles. The van der Waals surface area contributed by atoms with Crippen molar-refractivity contribution in [1.29, 1.82) is 0 Å². The molecule has 1 aromatic rings. The topological polar surface area (TPSA) is 25.8 Å². The quantitative estimate of drug-likeness (QED) is 0.665. The van der Waals surface area contributed by atoms with E-state index in [9.17, 15) is 0 Å². The van der Waals surface area contributed by atoms with Crippen LogP contribution in [0.2, 0.25) is 0 Å². The molecule has 1 heterocycles. The zero-order chi connectivity index (χ0) is 8.97. The summed E-state index contributed by atoms with van der Waals surface area (Å²) in [5.41, 5.74) is 0.819. The third-order valence-corrected chi connectivity index (χ3v) is 1.87. The van der Waals surface area contributed by atoms with Crippen molar-refractivity contribution >= 4 is 17.1 Å². The van der Waals surface area contributed by atoms with Gasteiger partial charge in [-0.25, -0.2) is 4.98 Å². The fraction of sp³-hybridized carbons (Fsp3) is 0.111. The predicted octanol–water partition coefficient (Wildman–Crippen LogP) is 2.60. The van der Waals surface area contributed by atoms with Gasteiger partial charge in [0.05, 0.1) is 0 Å². The molecule has 0 spiro atoms. The molecule has 0 aliphatic carbocycles. The smallest absolute Gasteiger partial charge is 0.172 e. The van der Waals surface area contributed by atoms with Gasteiger partial charge in [-0.15, -0.1) is 0 Å². The summed E-state index contributed by atoms with van der Waals surface area (Å²) in [6, 6.07) is 0. The summed E-state index contributed by atoms with van der Waals surface area (Å²) >= 11 is 1.38. The molecular formula is C9H10N2S. The average molecular weight is 178 g/mol. The molecule has 3 heteroatoms. The van der Waals surface area contributed by atoms with Crippen molar-refractivity contribution < 1.29 is 0 Å². The Morgan fingerprint density at radius 2 is 2.33 bits per heavy atom. The van der Waals surface area contributed by atoms with Gasteiger partial charge >= 0.3 is 0 Å². The van der Waals surface area contributed by atoms with Crippen molar-refractivity contribution in [2.45, 2.75) is 6.92 Å². The molecule has 0 saturated carbocycles. The molecule has 62 valence electrons. The summed E-state index contributed by atoms with van der Waals surface area (Å²) in [7, 11) is 0. The third kappa shape index (κ3) is 2.13. The normalized spacial score (nSPS) is 10.4. The minimum atomic E-state index is 0.704. The van der Waals surface area contributed by atoms with Gasteiger partial charge in [-0.3, -0.25) is 0 Å². The van der Waals surface area contributed by atoms with Gasteiger partial charge in [0, 0.05) is 5.57 Å². The first kappa shape index (κ1) is 8.87. The zero-order valence-corrected chi connectivity index (χ0v) is 7.77. The maximum absolute atomic E-state index is 4.19. The Morgan fingerprint density at radius 1 is 1.58 bits per heavy atom. The Kier molecular flexibility index (Phi) is 2.94. The molecule has 0 amide bonds. The van der Waals surface area contributed by atoms with Gasteiger partial charge in [0.2, 0.25) is 0 Å². The maximum atomic E-state index is 4.19. The minimum Gasteiger partial charge on any atom is -0.220 e. The van der Waals surface area contributed by atoms with Crippen LogP contribution in [0, 0.1) is 6.92 Å². The van der Waals surface area contributed by atoms with Crippen LogP contribution in [0.4, 0.5) is 0 Å². The van der Waals surface area contributed by atoms with Crippen molar-refractivity contribution in [1.82, 2.24) is 9.36 Å². The van der Waals surface area contributed by atoms with Crippen LogP contribution in [0.15, 0.2) is 31.4 Å². The van der Waals surface area contributed by atoms with Gasteiger partial charge in [0.15, 0.2) is 5.82 Å². The number of aromatic nitrogens is 2. The maximum Gasteiger partial charge on any atom is 0.172 e. The molecule has 12 heavy (non-hydrogen) atoms. The lowest BCUT2D eigenvalue weighted by atomic mass is 10.2. The molecule has 0 bridgehead atoms. The van der Waals surface area contributed by atoms with Gasteiger partial charge in [-0.2, -0.15) is 4.37 Å². The van der Waals surface area contributed by atoms with E-state index in [-0.39, 0.29) is 0 Å². The molecule has 0 fully saturated rings. The Bertz CT molecular complexity index is 323. The van der Waals surface area contributed by atoms with E-state index >= 15 is 0 Å². The molecule has 1 rings (SSSR count). The largest absolute Gasteiger partial charge is 0.220 e. The Labute approximate surface area is 76.1 Å². The SMILES string of the molecule is C=C/C=C\C(=C)c1nsc(C)n1. The van der Waals surface area contributed by atoms with Gasteiger partial charge in [0.1, 0.15) is 5.01 Å². The van der Waals surface area contributed by atoms with Crippen molar-refractivity contribution in [3.8, 4) is 0 Å². The first-order chi connectivity index (χ1) is 5.74. The zero-order valence-electron chi connectivity index (χ0n) is 6.95. The van der Waals surface area contributed by atoms with Gasteiger partial charge < -0.3 is 0 Å². The second kappa shape index (κ2) is 3.97. The van der Waals surface area contributed by atoms with Crippen LogP contribution in [-0.2, 0) is 0 Å². The Morgan fingerprint density at radius 3 is 2.83 bits per heavy atom. The highest BCUT2D eigenvalue weighted by molar-refractivity contribution is 7.05. The van der Waals surface area contributed by atoms with E-state index in [4.69, 9.17) is 0 Å². The van der Waals surface area contributed by atoms with Crippen LogP contribution in [-0.4, -0.2) is 9.36 Å². The summed E-state index contributed by atoms with van der Waals surface area (Å²) < 4.78 is 4.11. The third-order valence-electron chi connectivity index (χ3n) is 1.25. The molecule has 0 radical (unpaired) electrons. The number of rotatable bonds is 3. The van der Waals surface area contributed by atoms with Crippen molar-refractivity contribution in [3.05, 3.63) is 42.2 Å². The lowest BCUT2D eigenvalue weighted by Crippen LogP contribution is -1.81. The second-order valence-electron chi connectivity index (χ2n) is 2.26. The van der Waals surface area contributed by atoms with Gasteiger partial charge in [-0.05, 0) is 18.5 Å². The van der Waals surface area contributed by atoms with E-state index in [1.807, 2.05) is 19.1 Å². The predicted molar refractivity (Wildman–Crippen MR) is 53.0 cm³/mol. The highest BCUT2D eigenvalue weighted by atomic mass is 32.1. The van der Waals surface area contributed by atoms with Crippen molar-refractivity contribution in [2.75, 3.05) is 0 Å². The monoisotopic (exact) mass is 178 g/mol. The van der Waals surface area contributed by atoms with Crippen LogP contribution in [0.3, 0.4) is 0 Å². The van der Waals surface area contributed by atoms with E-state index in [0.717, 1.165) is 10.6 Å². The molecule has 0 aliphatic heterocycles. The van der Waals surface area contributed by atoms with E-state index < -0.39 is 0 Å². The number of hydrogen-bond donors (Lipinski definition) is 0. The standard InChI is InChI=1S/C9H10N2S/c1-4-5-6-7(2)9-10-8(3)12-11-9/h4-6H,1-2H2,3H3/b6-5-.